The molecule has 1 unspecified atom stereocenters. The van der Waals surface area contributed by atoms with E-state index in [4.69, 9.17) is 21.1 Å². The number of hydrogen-bond donors (Lipinski definition) is 0. The number of benzene rings is 1. The monoisotopic (exact) mass is 311 g/mol. The van der Waals surface area contributed by atoms with Crippen LogP contribution in [0.25, 0.3) is 11.0 Å². The Bertz CT molecular complexity index is 623. The summed E-state index contributed by atoms with van der Waals surface area (Å²) in [5, 5.41) is -0.156. The molecule has 1 aromatic carbocycles. The number of hydrogen-bond acceptors (Lipinski definition) is 4. The Balaban J connectivity index is 2.58. The van der Waals surface area contributed by atoms with Crippen LogP contribution in [0, 0.1) is 0 Å². The summed E-state index contributed by atoms with van der Waals surface area (Å²) in [5.74, 6) is 2.24. The summed E-state index contributed by atoms with van der Waals surface area (Å²) in [4.78, 5) is 6.79. The van der Waals surface area contributed by atoms with Gasteiger partial charge in [0.1, 0.15) is 5.82 Å². The van der Waals surface area contributed by atoms with E-state index in [-0.39, 0.29) is 5.38 Å². The predicted molar refractivity (Wildman–Crippen MR) is 85.7 cm³/mol. The first-order chi connectivity index (χ1) is 9.97. The fourth-order valence-electron chi connectivity index (χ4n) is 2.31. The summed E-state index contributed by atoms with van der Waals surface area (Å²) in [6.07, 6.45) is 0. The van der Waals surface area contributed by atoms with Gasteiger partial charge < -0.3 is 18.9 Å². The minimum atomic E-state index is -0.156. The summed E-state index contributed by atoms with van der Waals surface area (Å²) in [7, 11) is 7.35. The zero-order valence-corrected chi connectivity index (χ0v) is 13.9. The third kappa shape index (κ3) is 3.24. The number of fused-ring (bicyclic) bond motifs is 1. The normalized spacial score (nSPS) is 12.9. The number of methoxy groups -OCH3 is 2. The van der Waals surface area contributed by atoms with E-state index in [0.29, 0.717) is 11.5 Å². The number of ether oxygens (including phenoxy) is 2. The van der Waals surface area contributed by atoms with Crippen molar-refractivity contribution in [3.8, 4) is 11.5 Å². The molecule has 0 saturated heterocycles. The topological polar surface area (TPSA) is 39.5 Å². The summed E-state index contributed by atoms with van der Waals surface area (Å²) < 4.78 is 12.9. The van der Waals surface area contributed by atoms with Crippen LogP contribution in [0.3, 0.4) is 0 Å². The Morgan fingerprint density at radius 3 is 2.38 bits per heavy atom. The second-order valence-electron chi connectivity index (χ2n) is 5.24. The van der Waals surface area contributed by atoms with Crippen LogP contribution in [0.1, 0.15) is 18.1 Å². The Labute approximate surface area is 130 Å². The number of halogens is 1. The highest BCUT2D eigenvalue weighted by Crippen LogP contribution is 2.34. The lowest BCUT2D eigenvalue weighted by Gasteiger charge is -2.14. The quantitative estimate of drug-likeness (QED) is 0.769. The molecule has 0 spiro atoms. The minimum absolute atomic E-state index is 0.156. The van der Waals surface area contributed by atoms with Gasteiger partial charge in [0.25, 0.3) is 0 Å². The lowest BCUT2D eigenvalue weighted by Crippen LogP contribution is -2.19. The largest absolute Gasteiger partial charge is 0.493 e. The van der Waals surface area contributed by atoms with Crippen LogP contribution in [0.4, 0.5) is 0 Å². The lowest BCUT2D eigenvalue weighted by atomic mass is 10.2. The highest BCUT2D eigenvalue weighted by atomic mass is 35.5. The van der Waals surface area contributed by atoms with Crippen molar-refractivity contribution >= 4 is 22.6 Å². The molecular weight excluding hydrogens is 290 g/mol. The fraction of sp³-hybridized carbons (Fsp3) is 0.533. The lowest BCUT2D eigenvalue weighted by molar-refractivity contribution is 0.355. The van der Waals surface area contributed by atoms with Gasteiger partial charge >= 0.3 is 0 Å². The number of alkyl halides is 1. The minimum Gasteiger partial charge on any atom is -0.493 e. The number of aromatic nitrogens is 2. The molecule has 5 nitrogen and oxygen atoms in total. The zero-order valence-electron chi connectivity index (χ0n) is 13.2. The van der Waals surface area contributed by atoms with Gasteiger partial charge in [-0.25, -0.2) is 4.98 Å². The molecule has 0 aliphatic carbocycles. The van der Waals surface area contributed by atoms with E-state index < -0.39 is 0 Å². The van der Waals surface area contributed by atoms with Gasteiger partial charge in [0.15, 0.2) is 11.5 Å². The average molecular weight is 312 g/mol. The molecule has 0 bridgehead atoms. The number of nitrogens with zero attached hydrogens (tertiary/aromatic N) is 3. The molecule has 0 aliphatic rings. The molecule has 116 valence electrons. The maximum Gasteiger partial charge on any atom is 0.163 e. The summed E-state index contributed by atoms with van der Waals surface area (Å²) >= 11 is 6.28. The van der Waals surface area contributed by atoms with Crippen molar-refractivity contribution in [2.24, 2.45) is 0 Å². The van der Waals surface area contributed by atoms with Gasteiger partial charge in [-0.2, -0.15) is 0 Å². The maximum atomic E-state index is 6.28. The first kappa shape index (κ1) is 15.9. The molecule has 0 N–H and O–H groups in total. The maximum absolute atomic E-state index is 6.28. The van der Waals surface area contributed by atoms with Gasteiger partial charge in [0.05, 0.1) is 30.6 Å². The molecule has 2 aromatic rings. The van der Waals surface area contributed by atoms with Crippen molar-refractivity contribution in [1.82, 2.24) is 14.5 Å². The number of likely N-dealkylation sites (N-methyl/N-ethyl adjacent to an activating group) is 1. The van der Waals surface area contributed by atoms with Crippen LogP contribution in [-0.4, -0.2) is 49.3 Å². The van der Waals surface area contributed by atoms with Gasteiger partial charge in [-0.1, -0.05) is 0 Å². The number of rotatable bonds is 6. The summed E-state index contributed by atoms with van der Waals surface area (Å²) in [6, 6.07) is 3.85. The van der Waals surface area contributed by atoms with E-state index in [1.54, 1.807) is 14.2 Å². The van der Waals surface area contributed by atoms with Gasteiger partial charge in [-0.3, -0.25) is 0 Å². The van der Waals surface area contributed by atoms with Crippen molar-refractivity contribution in [3.63, 3.8) is 0 Å². The second kappa shape index (κ2) is 6.54. The van der Waals surface area contributed by atoms with Crippen molar-refractivity contribution in [2.45, 2.75) is 18.8 Å². The SMILES string of the molecule is COc1cc2nc(C(C)Cl)n(CCN(C)C)c2cc1OC. The highest BCUT2D eigenvalue weighted by Gasteiger charge is 2.17. The Kier molecular flexibility index (Phi) is 4.96. The fourth-order valence-corrected chi connectivity index (χ4v) is 2.48. The van der Waals surface area contributed by atoms with Crippen LogP contribution in [0.2, 0.25) is 0 Å². The molecule has 1 atom stereocenters. The van der Waals surface area contributed by atoms with Crippen LogP contribution in [0.5, 0.6) is 11.5 Å². The molecule has 1 heterocycles. The molecule has 6 heteroatoms. The van der Waals surface area contributed by atoms with Gasteiger partial charge in [-0.15, -0.1) is 11.6 Å². The van der Waals surface area contributed by atoms with Crippen LogP contribution in [-0.2, 0) is 6.54 Å². The van der Waals surface area contributed by atoms with Gasteiger partial charge in [0, 0.05) is 25.2 Å². The van der Waals surface area contributed by atoms with Crippen molar-refractivity contribution < 1.29 is 9.47 Å². The molecular formula is C15H22ClN3O2. The van der Waals surface area contributed by atoms with Gasteiger partial charge in [-0.05, 0) is 21.0 Å². The Morgan fingerprint density at radius 2 is 1.86 bits per heavy atom. The first-order valence-electron chi connectivity index (χ1n) is 6.88. The predicted octanol–water partition coefficient (Wildman–Crippen LogP) is 2.91. The smallest absolute Gasteiger partial charge is 0.163 e. The van der Waals surface area contributed by atoms with E-state index in [0.717, 1.165) is 29.9 Å². The molecule has 1 aromatic heterocycles. The zero-order chi connectivity index (χ0) is 15.6. The molecule has 21 heavy (non-hydrogen) atoms. The average Bonchev–Trinajstić information content (AvgIpc) is 2.81. The van der Waals surface area contributed by atoms with E-state index in [1.807, 2.05) is 33.2 Å². The number of imidazole rings is 1. The Morgan fingerprint density at radius 1 is 1.24 bits per heavy atom. The van der Waals surface area contributed by atoms with Crippen molar-refractivity contribution in [1.29, 1.82) is 0 Å². The molecule has 0 amide bonds. The standard InChI is InChI=1S/C15H22ClN3O2/c1-10(16)15-17-11-8-13(20-4)14(21-5)9-12(11)19(15)7-6-18(2)3/h8-10H,6-7H2,1-5H3. The summed E-state index contributed by atoms with van der Waals surface area (Å²) in [5.41, 5.74) is 1.88. The van der Waals surface area contributed by atoms with Crippen LogP contribution in [0.15, 0.2) is 12.1 Å². The van der Waals surface area contributed by atoms with E-state index in [9.17, 15) is 0 Å². The van der Waals surface area contributed by atoms with Crippen molar-refractivity contribution in [2.75, 3.05) is 34.9 Å². The first-order valence-corrected chi connectivity index (χ1v) is 7.32. The van der Waals surface area contributed by atoms with Crippen molar-refractivity contribution in [3.05, 3.63) is 18.0 Å². The van der Waals surface area contributed by atoms with E-state index in [1.165, 1.54) is 0 Å². The van der Waals surface area contributed by atoms with E-state index in [2.05, 4.69) is 14.5 Å². The Hall–Kier alpha value is -1.46. The molecule has 0 radical (unpaired) electrons. The highest BCUT2D eigenvalue weighted by molar-refractivity contribution is 6.20. The molecule has 0 aliphatic heterocycles. The third-order valence-electron chi connectivity index (χ3n) is 3.41. The third-order valence-corrected chi connectivity index (χ3v) is 3.60. The van der Waals surface area contributed by atoms with Gasteiger partial charge in [0.2, 0.25) is 0 Å². The summed E-state index contributed by atoms with van der Waals surface area (Å²) in [6.45, 7) is 3.67. The van der Waals surface area contributed by atoms with Crippen LogP contribution >= 0.6 is 11.6 Å². The van der Waals surface area contributed by atoms with Crippen LogP contribution < -0.4 is 9.47 Å². The molecule has 0 fully saturated rings. The van der Waals surface area contributed by atoms with E-state index >= 15 is 0 Å². The molecule has 0 saturated carbocycles. The second-order valence-corrected chi connectivity index (χ2v) is 5.89. The molecule has 2 rings (SSSR count).